The molecule has 3 rings (SSSR count). The number of benzene rings is 2. The minimum atomic E-state index is -0.0571. The maximum absolute atomic E-state index is 12.7. The number of pyridine rings is 1. The molecule has 0 saturated heterocycles. The molecule has 3 aromatic rings. The van der Waals surface area contributed by atoms with Crippen molar-refractivity contribution in [3.05, 3.63) is 81.2 Å². The van der Waals surface area contributed by atoms with Gasteiger partial charge in [-0.3, -0.25) is 4.79 Å². The average molecular weight is 316 g/mol. The summed E-state index contributed by atoms with van der Waals surface area (Å²) in [7, 11) is 0. The summed E-state index contributed by atoms with van der Waals surface area (Å²) in [6.45, 7) is 0. The highest BCUT2D eigenvalue weighted by Gasteiger charge is 2.10. The zero-order valence-corrected chi connectivity index (χ0v) is 12.4. The normalized spacial score (nSPS) is 10.6. The van der Waals surface area contributed by atoms with E-state index in [-0.39, 0.29) is 5.43 Å². The molecule has 0 radical (unpaired) electrons. The second-order valence-electron chi connectivity index (χ2n) is 4.63. The molecule has 2 aromatic carbocycles. The Kier molecular flexibility index (Phi) is 3.82. The van der Waals surface area contributed by atoms with Gasteiger partial charge in [-0.05, 0) is 35.4 Å². The molecule has 0 unspecified atom stereocenters. The zero-order valence-electron chi connectivity index (χ0n) is 10.9. The number of hydrogen-bond acceptors (Lipinski definition) is 1. The maximum atomic E-state index is 12.7. The summed E-state index contributed by atoms with van der Waals surface area (Å²) in [6, 6.07) is 14.5. The van der Waals surface area contributed by atoms with Crippen LogP contribution in [0, 0.1) is 0 Å². The first-order chi connectivity index (χ1) is 10.1. The van der Waals surface area contributed by atoms with Gasteiger partial charge in [0.2, 0.25) is 0 Å². The van der Waals surface area contributed by atoms with Gasteiger partial charge in [-0.2, -0.15) is 0 Å². The molecule has 0 atom stereocenters. The first kappa shape index (κ1) is 13.9. The fourth-order valence-corrected chi connectivity index (χ4v) is 2.61. The van der Waals surface area contributed by atoms with Gasteiger partial charge in [0.1, 0.15) is 0 Å². The Morgan fingerprint density at radius 2 is 1.24 bits per heavy atom. The van der Waals surface area contributed by atoms with E-state index >= 15 is 0 Å². The molecule has 1 heterocycles. The van der Waals surface area contributed by atoms with Crippen LogP contribution in [0.5, 0.6) is 0 Å². The smallest absolute Gasteiger partial charge is 0.197 e. The fraction of sp³-hybridized carbons (Fsp3) is 0. The topological polar surface area (TPSA) is 32.9 Å². The van der Waals surface area contributed by atoms with Gasteiger partial charge in [-0.25, -0.2) is 0 Å². The van der Waals surface area contributed by atoms with Gasteiger partial charge in [-0.15, -0.1) is 0 Å². The highest BCUT2D eigenvalue weighted by molar-refractivity contribution is 6.31. The van der Waals surface area contributed by atoms with Crippen LogP contribution in [0.2, 0.25) is 10.0 Å². The van der Waals surface area contributed by atoms with Crippen molar-refractivity contribution in [2.24, 2.45) is 0 Å². The summed E-state index contributed by atoms with van der Waals surface area (Å²) in [4.78, 5) is 15.7. The largest absolute Gasteiger partial charge is 0.366 e. The van der Waals surface area contributed by atoms with Crippen molar-refractivity contribution in [3.8, 4) is 22.3 Å². The van der Waals surface area contributed by atoms with E-state index in [4.69, 9.17) is 23.2 Å². The van der Waals surface area contributed by atoms with Crippen LogP contribution >= 0.6 is 23.2 Å². The number of halogens is 2. The van der Waals surface area contributed by atoms with E-state index in [0.29, 0.717) is 21.2 Å². The van der Waals surface area contributed by atoms with E-state index in [2.05, 4.69) is 4.98 Å². The van der Waals surface area contributed by atoms with Gasteiger partial charge in [0.25, 0.3) is 0 Å². The van der Waals surface area contributed by atoms with Crippen LogP contribution in [-0.2, 0) is 0 Å². The van der Waals surface area contributed by atoms with Gasteiger partial charge in [0, 0.05) is 33.6 Å². The Labute approximate surface area is 132 Å². The molecule has 2 nitrogen and oxygen atoms in total. The molecular formula is C17H11Cl2NO. The molecule has 104 valence electrons. The van der Waals surface area contributed by atoms with Crippen LogP contribution in [0.1, 0.15) is 0 Å². The number of aromatic amines is 1. The number of aromatic nitrogens is 1. The third-order valence-electron chi connectivity index (χ3n) is 3.22. The molecule has 21 heavy (non-hydrogen) atoms. The molecule has 0 aliphatic heterocycles. The number of rotatable bonds is 2. The van der Waals surface area contributed by atoms with Crippen molar-refractivity contribution in [1.29, 1.82) is 0 Å². The second kappa shape index (κ2) is 5.76. The molecule has 1 aromatic heterocycles. The van der Waals surface area contributed by atoms with Crippen LogP contribution in [0.4, 0.5) is 0 Å². The summed E-state index contributed by atoms with van der Waals surface area (Å²) in [5, 5.41) is 1.19. The lowest BCUT2D eigenvalue weighted by atomic mass is 10.0. The van der Waals surface area contributed by atoms with E-state index in [9.17, 15) is 4.79 Å². The van der Waals surface area contributed by atoms with Gasteiger partial charge >= 0.3 is 0 Å². The molecule has 0 aliphatic carbocycles. The first-order valence-electron chi connectivity index (χ1n) is 6.38. The van der Waals surface area contributed by atoms with E-state index in [1.807, 2.05) is 24.3 Å². The van der Waals surface area contributed by atoms with Gasteiger partial charge < -0.3 is 4.98 Å². The standard InChI is InChI=1S/C17H11Cl2NO/c18-13-5-1-3-11(7-13)15-9-20-10-16(17(15)21)12-4-2-6-14(19)8-12/h1-10H,(H,20,21). The lowest BCUT2D eigenvalue weighted by Gasteiger charge is -2.06. The van der Waals surface area contributed by atoms with Gasteiger partial charge in [0.15, 0.2) is 5.43 Å². The predicted molar refractivity (Wildman–Crippen MR) is 88.0 cm³/mol. The van der Waals surface area contributed by atoms with E-state index < -0.39 is 0 Å². The van der Waals surface area contributed by atoms with Crippen LogP contribution < -0.4 is 5.43 Å². The van der Waals surface area contributed by atoms with Crippen molar-refractivity contribution >= 4 is 23.2 Å². The third kappa shape index (κ3) is 2.87. The molecule has 0 amide bonds. The minimum Gasteiger partial charge on any atom is -0.366 e. The average Bonchev–Trinajstić information content (AvgIpc) is 2.47. The molecule has 0 spiro atoms. The molecule has 1 N–H and O–H groups in total. The summed E-state index contributed by atoms with van der Waals surface area (Å²) in [6.07, 6.45) is 3.37. The monoisotopic (exact) mass is 315 g/mol. The summed E-state index contributed by atoms with van der Waals surface area (Å²) < 4.78 is 0. The molecule has 0 bridgehead atoms. The number of nitrogens with one attached hydrogen (secondary N) is 1. The third-order valence-corrected chi connectivity index (χ3v) is 3.69. The van der Waals surface area contributed by atoms with E-state index in [1.165, 1.54) is 0 Å². The molecular weight excluding hydrogens is 305 g/mol. The first-order valence-corrected chi connectivity index (χ1v) is 7.14. The summed E-state index contributed by atoms with van der Waals surface area (Å²) in [5.74, 6) is 0. The Morgan fingerprint density at radius 3 is 1.67 bits per heavy atom. The Bertz CT molecular complexity index is 788. The second-order valence-corrected chi connectivity index (χ2v) is 5.51. The minimum absolute atomic E-state index is 0.0571. The van der Waals surface area contributed by atoms with Crippen molar-refractivity contribution in [2.75, 3.05) is 0 Å². The van der Waals surface area contributed by atoms with Crippen LogP contribution in [0.25, 0.3) is 22.3 Å². The van der Waals surface area contributed by atoms with Crippen molar-refractivity contribution in [3.63, 3.8) is 0 Å². The quantitative estimate of drug-likeness (QED) is 0.708. The molecule has 4 heteroatoms. The van der Waals surface area contributed by atoms with Crippen molar-refractivity contribution < 1.29 is 0 Å². The number of hydrogen-bond donors (Lipinski definition) is 1. The van der Waals surface area contributed by atoms with Crippen LogP contribution in [-0.4, -0.2) is 4.98 Å². The molecule has 0 aliphatic rings. The molecule has 0 saturated carbocycles. The molecule has 0 fully saturated rings. The lowest BCUT2D eigenvalue weighted by molar-refractivity contribution is 1.30. The number of H-pyrrole nitrogens is 1. The Morgan fingerprint density at radius 1 is 0.762 bits per heavy atom. The van der Waals surface area contributed by atoms with Gasteiger partial charge in [0.05, 0.1) is 0 Å². The van der Waals surface area contributed by atoms with Crippen molar-refractivity contribution in [2.45, 2.75) is 0 Å². The van der Waals surface area contributed by atoms with E-state index in [0.717, 1.165) is 11.1 Å². The maximum Gasteiger partial charge on any atom is 0.197 e. The summed E-state index contributed by atoms with van der Waals surface area (Å²) >= 11 is 12.0. The fourth-order valence-electron chi connectivity index (χ4n) is 2.23. The summed E-state index contributed by atoms with van der Waals surface area (Å²) in [5.41, 5.74) is 2.67. The lowest BCUT2D eigenvalue weighted by Crippen LogP contribution is -2.08. The Balaban J connectivity index is 2.18. The Hall–Kier alpha value is -2.03. The van der Waals surface area contributed by atoms with Crippen LogP contribution in [0.3, 0.4) is 0 Å². The van der Waals surface area contributed by atoms with Crippen LogP contribution in [0.15, 0.2) is 65.7 Å². The zero-order chi connectivity index (χ0) is 14.8. The van der Waals surface area contributed by atoms with Crippen molar-refractivity contribution in [1.82, 2.24) is 4.98 Å². The highest BCUT2D eigenvalue weighted by atomic mass is 35.5. The highest BCUT2D eigenvalue weighted by Crippen LogP contribution is 2.23. The van der Waals surface area contributed by atoms with E-state index in [1.54, 1.807) is 36.7 Å². The SMILES string of the molecule is O=c1c(-c2cccc(Cl)c2)c[nH]cc1-c1cccc(Cl)c1. The van der Waals surface area contributed by atoms with Gasteiger partial charge in [-0.1, -0.05) is 47.5 Å². The predicted octanol–water partition coefficient (Wildman–Crippen LogP) is 5.02.